The third kappa shape index (κ3) is 4.28. The number of carbonyl (C=O) groups is 1. The molecule has 146 valence electrons. The van der Waals surface area contributed by atoms with Crippen LogP contribution in [0.15, 0.2) is 24.3 Å². The lowest BCUT2D eigenvalue weighted by atomic mass is 10.1. The number of hydrogen-bond donors (Lipinski definition) is 1. The molecule has 28 heavy (non-hydrogen) atoms. The quantitative estimate of drug-likeness (QED) is 0.595. The first-order valence-electron chi connectivity index (χ1n) is 8.32. The van der Waals surface area contributed by atoms with Gasteiger partial charge in [-0.1, -0.05) is 0 Å². The smallest absolute Gasteiger partial charge is 0.325 e. The molecule has 1 heterocycles. The molecule has 1 fully saturated rings. The number of nitro benzene ring substituents is 1. The van der Waals surface area contributed by atoms with E-state index in [-0.39, 0.29) is 35.8 Å². The van der Waals surface area contributed by atoms with E-state index in [1.807, 2.05) is 0 Å². The predicted octanol–water partition coefficient (Wildman–Crippen LogP) is 3.59. The molecule has 0 radical (unpaired) electrons. The summed E-state index contributed by atoms with van der Waals surface area (Å²) in [7, 11) is 0. The number of anilines is 1. The summed E-state index contributed by atoms with van der Waals surface area (Å²) in [5, 5.41) is 25.9. The topological polar surface area (TPSA) is 114 Å². The number of nitriles is 1. The van der Waals surface area contributed by atoms with Gasteiger partial charge < -0.3 is 5.32 Å². The highest BCUT2D eigenvalue weighted by Crippen LogP contribution is 2.42. The number of rotatable bonds is 6. The van der Waals surface area contributed by atoms with Crippen LogP contribution in [0.4, 0.5) is 24.5 Å². The van der Waals surface area contributed by atoms with Gasteiger partial charge >= 0.3 is 6.18 Å². The van der Waals surface area contributed by atoms with Gasteiger partial charge in [-0.05, 0) is 25.0 Å². The Morgan fingerprint density at radius 2 is 2.11 bits per heavy atom. The molecule has 0 aliphatic heterocycles. The Hall–Kier alpha value is -3.42. The molecule has 0 saturated heterocycles. The lowest BCUT2D eigenvalue weighted by Gasteiger charge is -2.09. The molecule has 0 bridgehead atoms. The zero-order chi connectivity index (χ0) is 20.5. The Morgan fingerprint density at radius 3 is 2.68 bits per heavy atom. The van der Waals surface area contributed by atoms with Crippen molar-refractivity contribution in [2.45, 2.75) is 37.9 Å². The molecule has 1 aliphatic carbocycles. The molecular formula is C17H14F3N5O3. The van der Waals surface area contributed by atoms with E-state index >= 15 is 0 Å². The third-order valence-corrected chi connectivity index (χ3v) is 4.26. The monoisotopic (exact) mass is 393 g/mol. The van der Waals surface area contributed by atoms with Crippen molar-refractivity contribution in [2.24, 2.45) is 0 Å². The van der Waals surface area contributed by atoms with Crippen molar-refractivity contribution in [3.63, 3.8) is 0 Å². The number of halogens is 3. The fraction of sp³-hybridized carbons (Fsp3) is 0.353. The number of nitrogens with one attached hydrogen (secondary N) is 1. The van der Waals surface area contributed by atoms with Crippen LogP contribution >= 0.6 is 0 Å². The highest BCUT2D eigenvalue weighted by atomic mass is 19.4. The molecule has 0 spiro atoms. The van der Waals surface area contributed by atoms with Gasteiger partial charge in [0.1, 0.15) is 6.07 Å². The minimum Gasteiger partial charge on any atom is -0.325 e. The number of aryl methyl sites for hydroxylation is 1. The maximum atomic E-state index is 12.9. The van der Waals surface area contributed by atoms with Crippen molar-refractivity contribution >= 4 is 17.3 Å². The van der Waals surface area contributed by atoms with Crippen molar-refractivity contribution in [2.75, 3.05) is 5.32 Å². The highest BCUT2D eigenvalue weighted by molar-refractivity contribution is 5.92. The second-order valence-corrected chi connectivity index (χ2v) is 6.35. The molecule has 1 saturated carbocycles. The van der Waals surface area contributed by atoms with E-state index in [0.29, 0.717) is 5.69 Å². The maximum absolute atomic E-state index is 12.9. The van der Waals surface area contributed by atoms with Gasteiger partial charge in [-0.3, -0.25) is 19.6 Å². The molecular weight excluding hydrogens is 379 g/mol. The maximum Gasteiger partial charge on any atom is 0.435 e. The first-order chi connectivity index (χ1) is 13.2. The van der Waals surface area contributed by atoms with Crippen molar-refractivity contribution in [3.05, 3.63) is 51.3 Å². The summed E-state index contributed by atoms with van der Waals surface area (Å²) in [6, 6.07) is 6.19. The van der Waals surface area contributed by atoms with Crippen LogP contribution in [0.1, 0.15) is 42.1 Å². The third-order valence-electron chi connectivity index (χ3n) is 4.26. The lowest BCUT2D eigenvalue weighted by molar-refractivity contribution is -0.384. The van der Waals surface area contributed by atoms with Gasteiger partial charge in [0, 0.05) is 36.7 Å². The summed E-state index contributed by atoms with van der Waals surface area (Å²) in [5.41, 5.74) is -0.818. The van der Waals surface area contributed by atoms with Gasteiger partial charge in [0.15, 0.2) is 5.69 Å². The van der Waals surface area contributed by atoms with E-state index in [2.05, 4.69) is 10.4 Å². The lowest BCUT2D eigenvalue weighted by Crippen LogP contribution is -2.17. The first kappa shape index (κ1) is 19.3. The van der Waals surface area contributed by atoms with Gasteiger partial charge in [-0.2, -0.15) is 23.5 Å². The minimum absolute atomic E-state index is 0.0199. The molecule has 0 atom stereocenters. The zero-order valence-corrected chi connectivity index (χ0v) is 14.4. The predicted molar refractivity (Wildman–Crippen MR) is 90.3 cm³/mol. The number of amides is 1. The molecule has 1 N–H and O–H groups in total. The van der Waals surface area contributed by atoms with Gasteiger partial charge in [0.25, 0.3) is 5.69 Å². The number of aromatic nitrogens is 2. The van der Waals surface area contributed by atoms with Crippen molar-refractivity contribution in [1.82, 2.24) is 9.78 Å². The number of alkyl halides is 3. The van der Waals surface area contributed by atoms with Crippen LogP contribution < -0.4 is 5.32 Å². The van der Waals surface area contributed by atoms with Crippen LogP contribution in [0.2, 0.25) is 0 Å². The number of non-ortho nitro benzene ring substituents is 1. The Balaban J connectivity index is 1.69. The SMILES string of the molecule is N#Cc1cc([N+](=O)[O-])ccc1NC(=O)CCn1nc(C(F)(F)F)cc1C1CC1. The average Bonchev–Trinajstić information content (AvgIpc) is 3.38. The van der Waals surface area contributed by atoms with Gasteiger partial charge in [0.2, 0.25) is 5.91 Å². The van der Waals surface area contributed by atoms with Crippen LogP contribution in [0.25, 0.3) is 0 Å². The van der Waals surface area contributed by atoms with Gasteiger partial charge in [-0.15, -0.1) is 0 Å². The second-order valence-electron chi connectivity index (χ2n) is 6.35. The molecule has 11 heteroatoms. The molecule has 0 unspecified atom stereocenters. The van der Waals surface area contributed by atoms with Crippen LogP contribution in [0.3, 0.4) is 0 Å². The molecule has 2 aromatic rings. The number of hydrogen-bond acceptors (Lipinski definition) is 5. The molecule has 1 aromatic heterocycles. The average molecular weight is 393 g/mol. The van der Waals surface area contributed by atoms with Crippen LogP contribution in [0.5, 0.6) is 0 Å². The summed E-state index contributed by atoms with van der Waals surface area (Å²) < 4.78 is 39.9. The Bertz CT molecular complexity index is 973. The summed E-state index contributed by atoms with van der Waals surface area (Å²) in [6.45, 7) is -0.0530. The minimum atomic E-state index is -4.56. The Morgan fingerprint density at radius 1 is 1.39 bits per heavy atom. The fourth-order valence-electron chi connectivity index (χ4n) is 2.72. The van der Waals surface area contributed by atoms with E-state index in [4.69, 9.17) is 5.26 Å². The Labute approximate surface area is 156 Å². The van der Waals surface area contributed by atoms with Crippen molar-refractivity contribution in [3.8, 4) is 6.07 Å². The number of benzene rings is 1. The van der Waals surface area contributed by atoms with E-state index in [1.54, 1.807) is 6.07 Å². The molecule has 1 amide bonds. The van der Waals surface area contributed by atoms with E-state index in [9.17, 15) is 28.1 Å². The van der Waals surface area contributed by atoms with E-state index < -0.39 is 22.7 Å². The standard InChI is InChI=1S/C17H14F3N5O3/c18-17(19,20)15-8-14(10-1-2-10)24(23-15)6-5-16(26)22-13-4-3-12(25(27)28)7-11(13)9-21/h3-4,7-8,10H,1-2,5-6H2,(H,22,26). The number of nitro groups is 1. The summed E-state index contributed by atoms with van der Waals surface area (Å²) in [6.07, 6.45) is -3.16. The van der Waals surface area contributed by atoms with Crippen LogP contribution in [-0.2, 0) is 17.5 Å². The van der Waals surface area contributed by atoms with Crippen molar-refractivity contribution in [1.29, 1.82) is 5.26 Å². The highest BCUT2D eigenvalue weighted by Gasteiger charge is 2.37. The molecule has 8 nitrogen and oxygen atoms in total. The number of nitrogens with zero attached hydrogens (tertiary/aromatic N) is 4. The van der Waals surface area contributed by atoms with E-state index in [0.717, 1.165) is 31.0 Å². The summed E-state index contributed by atoms with van der Waals surface area (Å²) in [5.74, 6) is -0.525. The summed E-state index contributed by atoms with van der Waals surface area (Å²) in [4.78, 5) is 22.2. The normalized spacial score (nSPS) is 13.8. The Kier molecular flexibility index (Phi) is 5.04. The number of carbonyl (C=O) groups excluding carboxylic acids is 1. The van der Waals surface area contributed by atoms with E-state index in [1.165, 1.54) is 10.7 Å². The molecule has 1 aliphatic rings. The second kappa shape index (κ2) is 7.30. The molecule has 3 rings (SSSR count). The fourth-order valence-corrected chi connectivity index (χ4v) is 2.72. The van der Waals surface area contributed by atoms with Crippen molar-refractivity contribution < 1.29 is 22.9 Å². The molecule has 1 aromatic carbocycles. The summed E-state index contributed by atoms with van der Waals surface area (Å²) >= 11 is 0. The largest absolute Gasteiger partial charge is 0.435 e. The first-order valence-corrected chi connectivity index (χ1v) is 8.32. The van der Waals surface area contributed by atoms with Gasteiger partial charge in [0.05, 0.1) is 16.2 Å². The van der Waals surface area contributed by atoms with Crippen LogP contribution in [-0.4, -0.2) is 20.6 Å². The van der Waals surface area contributed by atoms with Crippen LogP contribution in [0, 0.1) is 21.4 Å². The zero-order valence-electron chi connectivity index (χ0n) is 14.4. The van der Waals surface area contributed by atoms with Gasteiger partial charge in [-0.25, -0.2) is 0 Å².